The lowest BCUT2D eigenvalue weighted by molar-refractivity contribution is 0.169. The molecule has 0 aliphatic heterocycles. The molecule has 1 N–H and O–H groups in total. The molecule has 2 aromatic rings. The van der Waals surface area contributed by atoms with Crippen molar-refractivity contribution in [2.45, 2.75) is 26.0 Å². The van der Waals surface area contributed by atoms with Gasteiger partial charge in [-0.05, 0) is 13.0 Å². The molecule has 0 aromatic carbocycles. The van der Waals surface area contributed by atoms with Gasteiger partial charge in [0.05, 0.1) is 5.69 Å². The van der Waals surface area contributed by atoms with Crippen LogP contribution in [0.25, 0.3) is 0 Å². The van der Waals surface area contributed by atoms with Crippen LogP contribution in [-0.2, 0) is 20.0 Å². The molecule has 0 bridgehead atoms. The van der Waals surface area contributed by atoms with Crippen molar-refractivity contribution in [2.75, 3.05) is 0 Å². The van der Waals surface area contributed by atoms with Gasteiger partial charge in [-0.15, -0.1) is 0 Å². The van der Waals surface area contributed by atoms with Crippen molar-refractivity contribution >= 4 is 0 Å². The zero-order valence-electron chi connectivity index (χ0n) is 9.54. The lowest BCUT2D eigenvalue weighted by atomic mass is 10.2. The summed E-state index contributed by atoms with van der Waals surface area (Å²) < 4.78 is 3.71. The van der Waals surface area contributed by atoms with Gasteiger partial charge in [-0.25, -0.2) is 4.98 Å². The zero-order chi connectivity index (χ0) is 11.5. The van der Waals surface area contributed by atoms with Crippen molar-refractivity contribution in [3.05, 3.63) is 36.2 Å². The van der Waals surface area contributed by atoms with Crippen molar-refractivity contribution in [2.24, 2.45) is 7.05 Å². The fraction of sp³-hybridized carbons (Fsp3) is 0.455. The highest BCUT2D eigenvalue weighted by molar-refractivity contribution is 5.06. The second-order valence-electron chi connectivity index (χ2n) is 3.76. The number of aliphatic hydroxyl groups excluding tert-OH is 1. The molecule has 0 spiro atoms. The van der Waals surface area contributed by atoms with Gasteiger partial charge in [0.15, 0.2) is 0 Å². The molecular weight excluding hydrogens is 204 g/mol. The van der Waals surface area contributed by atoms with Crippen LogP contribution >= 0.6 is 0 Å². The van der Waals surface area contributed by atoms with Crippen LogP contribution in [0.15, 0.2) is 24.7 Å². The number of nitrogens with zero attached hydrogens (tertiary/aromatic N) is 4. The quantitative estimate of drug-likeness (QED) is 0.833. The second kappa shape index (κ2) is 4.49. The lowest BCUT2D eigenvalue weighted by Crippen LogP contribution is -2.09. The molecule has 2 heterocycles. The Balaban J connectivity index is 2.10. The molecule has 2 aromatic heterocycles. The van der Waals surface area contributed by atoms with Gasteiger partial charge in [0, 0.05) is 38.6 Å². The molecule has 1 unspecified atom stereocenters. The van der Waals surface area contributed by atoms with E-state index in [1.807, 2.05) is 30.1 Å². The van der Waals surface area contributed by atoms with Gasteiger partial charge in [-0.1, -0.05) is 0 Å². The van der Waals surface area contributed by atoms with Crippen LogP contribution in [0.2, 0.25) is 0 Å². The summed E-state index contributed by atoms with van der Waals surface area (Å²) in [5.41, 5.74) is 0.688. The highest BCUT2D eigenvalue weighted by Crippen LogP contribution is 2.15. The fourth-order valence-electron chi connectivity index (χ4n) is 1.71. The SMILES string of the molecule is CCn1ccnc1CC(O)c1ccn(C)n1. The van der Waals surface area contributed by atoms with Gasteiger partial charge >= 0.3 is 0 Å². The maximum Gasteiger partial charge on any atom is 0.111 e. The van der Waals surface area contributed by atoms with E-state index in [9.17, 15) is 5.11 Å². The molecule has 0 saturated heterocycles. The number of aliphatic hydroxyl groups is 1. The third-order valence-corrected chi connectivity index (χ3v) is 2.59. The number of hydrogen-bond donors (Lipinski definition) is 1. The molecule has 86 valence electrons. The first-order chi connectivity index (χ1) is 7.70. The van der Waals surface area contributed by atoms with Crippen LogP contribution in [0.1, 0.15) is 24.5 Å². The summed E-state index contributed by atoms with van der Waals surface area (Å²) >= 11 is 0. The molecule has 1 atom stereocenters. The summed E-state index contributed by atoms with van der Waals surface area (Å²) in [7, 11) is 1.84. The average Bonchev–Trinajstić information content (AvgIpc) is 2.86. The van der Waals surface area contributed by atoms with E-state index < -0.39 is 6.10 Å². The fourth-order valence-corrected chi connectivity index (χ4v) is 1.71. The van der Waals surface area contributed by atoms with E-state index in [2.05, 4.69) is 17.0 Å². The topological polar surface area (TPSA) is 55.9 Å². The maximum absolute atomic E-state index is 10.00. The minimum Gasteiger partial charge on any atom is -0.386 e. The van der Waals surface area contributed by atoms with Gasteiger partial charge in [-0.2, -0.15) is 5.10 Å². The average molecular weight is 220 g/mol. The van der Waals surface area contributed by atoms with Gasteiger partial charge in [-0.3, -0.25) is 4.68 Å². The molecule has 0 amide bonds. The van der Waals surface area contributed by atoms with Gasteiger partial charge in [0.25, 0.3) is 0 Å². The van der Waals surface area contributed by atoms with Crippen LogP contribution in [-0.4, -0.2) is 24.4 Å². The van der Waals surface area contributed by atoms with E-state index in [0.717, 1.165) is 12.4 Å². The molecule has 5 heteroatoms. The lowest BCUT2D eigenvalue weighted by Gasteiger charge is -2.08. The Morgan fingerprint density at radius 1 is 1.44 bits per heavy atom. The van der Waals surface area contributed by atoms with Crippen molar-refractivity contribution in [1.82, 2.24) is 19.3 Å². The molecule has 5 nitrogen and oxygen atoms in total. The monoisotopic (exact) mass is 220 g/mol. The second-order valence-corrected chi connectivity index (χ2v) is 3.76. The third kappa shape index (κ3) is 2.14. The smallest absolute Gasteiger partial charge is 0.111 e. The molecular formula is C11H16N4O. The van der Waals surface area contributed by atoms with Crippen molar-refractivity contribution in [3.8, 4) is 0 Å². The van der Waals surface area contributed by atoms with Crippen molar-refractivity contribution in [1.29, 1.82) is 0 Å². The Kier molecular flexibility index (Phi) is 3.05. The molecule has 0 radical (unpaired) electrons. The summed E-state index contributed by atoms with van der Waals surface area (Å²) in [6, 6.07) is 1.82. The van der Waals surface area contributed by atoms with E-state index in [0.29, 0.717) is 12.1 Å². The summed E-state index contributed by atoms with van der Waals surface area (Å²) in [6.45, 7) is 2.92. The number of rotatable bonds is 4. The number of imidazole rings is 1. The zero-order valence-corrected chi connectivity index (χ0v) is 9.54. The molecule has 0 fully saturated rings. The molecule has 0 aliphatic rings. The normalized spacial score (nSPS) is 12.9. The first-order valence-electron chi connectivity index (χ1n) is 5.38. The number of aryl methyl sites for hydroxylation is 2. The van der Waals surface area contributed by atoms with Crippen LogP contribution in [0, 0.1) is 0 Å². The predicted molar refractivity (Wildman–Crippen MR) is 59.8 cm³/mol. The Bertz CT molecular complexity index is 460. The summed E-state index contributed by atoms with van der Waals surface area (Å²) in [5, 5.41) is 14.2. The Hall–Kier alpha value is -1.62. The summed E-state index contributed by atoms with van der Waals surface area (Å²) in [4.78, 5) is 4.23. The van der Waals surface area contributed by atoms with Crippen LogP contribution in [0.4, 0.5) is 0 Å². The van der Waals surface area contributed by atoms with Gasteiger partial charge in [0.2, 0.25) is 0 Å². The number of aromatic nitrogens is 4. The van der Waals surface area contributed by atoms with E-state index in [1.165, 1.54) is 0 Å². The predicted octanol–water partition coefficient (Wildman–Crippen LogP) is 0.913. The van der Waals surface area contributed by atoms with E-state index in [4.69, 9.17) is 0 Å². The Morgan fingerprint density at radius 2 is 2.25 bits per heavy atom. The van der Waals surface area contributed by atoms with E-state index in [-0.39, 0.29) is 0 Å². The first kappa shape index (κ1) is 10.9. The third-order valence-electron chi connectivity index (χ3n) is 2.59. The molecule has 0 saturated carbocycles. The molecule has 0 aliphatic carbocycles. The largest absolute Gasteiger partial charge is 0.386 e. The standard InChI is InChI=1S/C11H16N4O/c1-3-15-7-5-12-11(15)8-10(16)9-4-6-14(2)13-9/h4-7,10,16H,3,8H2,1-2H3. The van der Waals surface area contributed by atoms with Crippen LogP contribution in [0.5, 0.6) is 0 Å². The van der Waals surface area contributed by atoms with Crippen molar-refractivity contribution < 1.29 is 5.11 Å². The number of hydrogen-bond acceptors (Lipinski definition) is 3. The van der Waals surface area contributed by atoms with E-state index >= 15 is 0 Å². The van der Waals surface area contributed by atoms with Crippen LogP contribution in [0.3, 0.4) is 0 Å². The molecule has 2 rings (SSSR count). The van der Waals surface area contributed by atoms with Gasteiger partial charge < -0.3 is 9.67 Å². The molecule has 16 heavy (non-hydrogen) atoms. The van der Waals surface area contributed by atoms with Crippen LogP contribution < -0.4 is 0 Å². The maximum atomic E-state index is 10.00. The minimum atomic E-state index is -0.589. The highest BCUT2D eigenvalue weighted by Gasteiger charge is 2.14. The highest BCUT2D eigenvalue weighted by atomic mass is 16.3. The Morgan fingerprint density at radius 3 is 2.88 bits per heavy atom. The first-order valence-corrected chi connectivity index (χ1v) is 5.38. The van der Waals surface area contributed by atoms with Crippen molar-refractivity contribution in [3.63, 3.8) is 0 Å². The minimum absolute atomic E-state index is 0.498. The summed E-state index contributed by atoms with van der Waals surface area (Å²) in [6.07, 6.45) is 5.40. The van der Waals surface area contributed by atoms with Gasteiger partial charge in [0.1, 0.15) is 11.9 Å². The van der Waals surface area contributed by atoms with E-state index in [1.54, 1.807) is 10.9 Å². The Labute approximate surface area is 94.4 Å². The summed E-state index contributed by atoms with van der Waals surface area (Å²) in [5.74, 6) is 0.889.